The first-order chi connectivity index (χ1) is 12.6. The van der Waals surface area contributed by atoms with Crippen molar-refractivity contribution in [1.29, 1.82) is 0 Å². The molecule has 0 saturated heterocycles. The average molecular weight is 352 g/mol. The Balaban J connectivity index is 1.93. The summed E-state index contributed by atoms with van der Waals surface area (Å²) in [5, 5.41) is 7.06. The number of nitrogens with zero attached hydrogens (tertiary/aromatic N) is 2. The molecule has 7 nitrogen and oxygen atoms in total. The Morgan fingerprint density at radius 1 is 1.08 bits per heavy atom. The van der Waals surface area contributed by atoms with E-state index in [1.807, 2.05) is 59.3 Å². The van der Waals surface area contributed by atoms with E-state index < -0.39 is 6.03 Å². The van der Waals surface area contributed by atoms with Gasteiger partial charge in [0.2, 0.25) is 5.88 Å². The standard InChI is InChI=1S/C19H20N4O3/c1-25-16-9-7-15(8-10-16)23-17(11-18(22-23)26-2)14-5-3-13(4-6-14)12-21-19(20)24/h3-11H,12H2,1-2H3,(H3,20,21,24). The number of aromatic nitrogens is 2. The van der Waals surface area contributed by atoms with Crippen LogP contribution in [0.3, 0.4) is 0 Å². The number of carbonyl (C=O) groups is 1. The molecule has 0 aliphatic carbocycles. The molecule has 0 fully saturated rings. The SMILES string of the molecule is COc1ccc(-n2nc(OC)cc2-c2ccc(CNC(N)=O)cc2)cc1. The molecule has 2 aromatic carbocycles. The van der Waals surface area contributed by atoms with Crippen LogP contribution in [0.25, 0.3) is 16.9 Å². The lowest BCUT2D eigenvalue weighted by Gasteiger charge is -2.09. The molecule has 0 bridgehead atoms. The van der Waals surface area contributed by atoms with E-state index in [0.717, 1.165) is 28.3 Å². The molecule has 0 saturated carbocycles. The molecule has 3 rings (SSSR count). The summed E-state index contributed by atoms with van der Waals surface area (Å²) in [4.78, 5) is 10.8. The summed E-state index contributed by atoms with van der Waals surface area (Å²) in [7, 11) is 3.22. The lowest BCUT2D eigenvalue weighted by atomic mass is 10.1. The van der Waals surface area contributed by atoms with E-state index in [0.29, 0.717) is 12.4 Å². The van der Waals surface area contributed by atoms with Crippen LogP contribution in [0.15, 0.2) is 54.6 Å². The quantitative estimate of drug-likeness (QED) is 0.713. The van der Waals surface area contributed by atoms with Crippen LogP contribution in [0.2, 0.25) is 0 Å². The van der Waals surface area contributed by atoms with Gasteiger partial charge in [0.1, 0.15) is 5.75 Å². The summed E-state index contributed by atoms with van der Waals surface area (Å²) in [6.45, 7) is 0.386. The molecule has 0 unspecified atom stereocenters. The van der Waals surface area contributed by atoms with Gasteiger partial charge in [0.05, 0.1) is 25.6 Å². The molecule has 134 valence electrons. The summed E-state index contributed by atoms with van der Waals surface area (Å²) < 4.78 is 12.3. The molecule has 0 spiro atoms. The molecule has 0 aliphatic rings. The molecular weight excluding hydrogens is 332 g/mol. The molecule has 0 atom stereocenters. The fourth-order valence-electron chi connectivity index (χ4n) is 2.57. The van der Waals surface area contributed by atoms with Crippen LogP contribution < -0.4 is 20.5 Å². The minimum atomic E-state index is -0.545. The van der Waals surface area contributed by atoms with Crippen molar-refractivity contribution < 1.29 is 14.3 Å². The Hall–Kier alpha value is -3.48. The van der Waals surface area contributed by atoms with Crippen molar-refractivity contribution in [3.63, 3.8) is 0 Å². The van der Waals surface area contributed by atoms with E-state index in [1.165, 1.54) is 0 Å². The van der Waals surface area contributed by atoms with E-state index in [2.05, 4.69) is 10.4 Å². The predicted molar refractivity (Wildman–Crippen MR) is 98.5 cm³/mol. The molecule has 3 aromatic rings. The molecule has 26 heavy (non-hydrogen) atoms. The Kier molecular flexibility index (Phi) is 5.07. The summed E-state index contributed by atoms with van der Waals surface area (Å²) in [6, 6.07) is 16.8. The topological polar surface area (TPSA) is 91.4 Å². The molecule has 3 N–H and O–H groups in total. The number of carbonyl (C=O) groups excluding carboxylic acids is 1. The van der Waals surface area contributed by atoms with Crippen LogP contribution in [-0.2, 0) is 6.54 Å². The summed E-state index contributed by atoms with van der Waals surface area (Å²) in [6.07, 6.45) is 0. The molecule has 7 heteroatoms. The monoisotopic (exact) mass is 352 g/mol. The maximum absolute atomic E-state index is 10.8. The molecular formula is C19H20N4O3. The van der Waals surface area contributed by atoms with Crippen LogP contribution in [0.4, 0.5) is 4.79 Å². The normalized spacial score (nSPS) is 10.4. The summed E-state index contributed by atoms with van der Waals surface area (Å²) >= 11 is 0. The Labute approximate surface area is 151 Å². The zero-order valence-electron chi connectivity index (χ0n) is 14.6. The van der Waals surface area contributed by atoms with E-state index in [1.54, 1.807) is 14.2 Å². The van der Waals surface area contributed by atoms with Crippen molar-refractivity contribution in [2.75, 3.05) is 14.2 Å². The number of hydrogen-bond donors (Lipinski definition) is 2. The van der Waals surface area contributed by atoms with Gasteiger partial charge in [-0.05, 0) is 29.8 Å². The van der Waals surface area contributed by atoms with Gasteiger partial charge in [-0.15, -0.1) is 5.10 Å². The second-order valence-corrected chi connectivity index (χ2v) is 5.60. The number of nitrogens with two attached hydrogens (primary N) is 1. The number of hydrogen-bond acceptors (Lipinski definition) is 4. The van der Waals surface area contributed by atoms with E-state index in [4.69, 9.17) is 15.2 Å². The highest BCUT2D eigenvalue weighted by molar-refractivity contribution is 5.71. The van der Waals surface area contributed by atoms with Crippen LogP contribution >= 0.6 is 0 Å². The van der Waals surface area contributed by atoms with Crippen molar-refractivity contribution in [3.05, 3.63) is 60.2 Å². The number of benzene rings is 2. The van der Waals surface area contributed by atoms with Crippen molar-refractivity contribution >= 4 is 6.03 Å². The second-order valence-electron chi connectivity index (χ2n) is 5.60. The number of urea groups is 1. The third-order valence-corrected chi connectivity index (χ3v) is 3.93. The van der Waals surface area contributed by atoms with Gasteiger partial charge in [-0.3, -0.25) is 0 Å². The van der Waals surface area contributed by atoms with E-state index in [9.17, 15) is 4.79 Å². The van der Waals surface area contributed by atoms with Crippen LogP contribution in [0, 0.1) is 0 Å². The van der Waals surface area contributed by atoms with Crippen molar-refractivity contribution in [2.24, 2.45) is 5.73 Å². The van der Waals surface area contributed by atoms with Gasteiger partial charge in [-0.1, -0.05) is 24.3 Å². The lowest BCUT2D eigenvalue weighted by Crippen LogP contribution is -2.28. The van der Waals surface area contributed by atoms with Gasteiger partial charge in [-0.2, -0.15) is 0 Å². The first-order valence-corrected chi connectivity index (χ1v) is 8.02. The van der Waals surface area contributed by atoms with E-state index >= 15 is 0 Å². The number of ether oxygens (including phenoxy) is 2. The van der Waals surface area contributed by atoms with Gasteiger partial charge in [0, 0.05) is 18.2 Å². The molecule has 0 radical (unpaired) electrons. The number of methoxy groups -OCH3 is 2. The zero-order valence-corrected chi connectivity index (χ0v) is 14.6. The van der Waals surface area contributed by atoms with Crippen LogP contribution in [0.5, 0.6) is 11.6 Å². The number of amides is 2. The van der Waals surface area contributed by atoms with Crippen LogP contribution in [0.1, 0.15) is 5.56 Å². The Morgan fingerprint density at radius 3 is 2.35 bits per heavy atom. The third-order valence-electron chi connectivity index (χ3n) is 3.93. The van der Waals surface area contributed by atoms with Gasteiger partial charge in [-0.25, -0.2) is 9.48 Å². The smallest absolute Gasteiger partial charge is 0.312 e. The lowest BCUT2D eigenvalue weighted by molar-refractivity contribution is 0.248. The van der Waals surface area contributed by atoms with Gasteiger partial charge in [0.15, 0.2) is 0 Å². The largest absolute Gasteiger partial charge is 0.497 e. The zero-order chi connectivity index (χ0) is 18.5. The van der Waals surface area contributed by atoms with Crippen LogP contribution in [-0.4, -0.2) is 30.0 Å². The third kappa shape index (κ3) is 3.77. The number of nitrogens with one attached hydrogen (secondary N) is 1. The molecule has 1 heterocycles. The predicted octanol–water partition coefficient (Wildman–Crippen LogP) is 2.72. The molecule has 1 aromatic heterocycles. The maximum atomic E-state index is 10.8. The molecule has 0 aliphatic heterocycles. The number of rotatable bonds is 6. The fraction of sp³-hybridized carbons (Fsp3) is 0.158. The summed E-state index contributed by atoms with van der Waals surface area (Å²) in [5.74, 6) is 1.30. The highest BCUT2D eigenvalue weighted by Gasteiger charge is 2.12. The highest BCUT2D eigenvalue weighted by atomic mass is 16.5. The average Bonchev–Trinajstić information content (AvgIpc) is 3.11. The second kappa shape index (κ2) is 7.60. The first-order valence-electron chi connectivity index (χ1n) is 8.02. The van der Waals surface area contributed by atoms with Crippen molar-refractivity contribution in [3.8, 4) is 28.6 Å². The number of primary amides is 1. The minimum Gasteiger partial charge on any atom is -0.497 e. The Morgan fingerprint density at radius 2 is 1.77 bits per heavy atom. The van der Waals surface area contributed by atoms with Gasteiger partial charge >= 0.3 is 6.03 Å². The van der Waals surface area contributed by atoms with E-state index in [-0.39, 0.29) is 0 Å². The van der Waals surface area contributed by atoms with Crippen molar-refractivity contribution in [1.82, 2.24) is 15.1 Å². The highest BCUT2D eigenvalue weighted by Crippen LogP contribution is 2.28. The van der Waals surface area contributed by atoms with Gasteiger partial charge in [0.25, 0.3) is 0 Å². The molecule has 2 amide bonds. The first kappa shape index (κ1) is 17.3. The minimum absolute atomic E-state index is 0.386. The fourth-order valence-corrected chi connectivity index (χ4v) is 2.57. The maximum Gasteiger partial charge on any atom is 0.312 e. The van der Waals surface area contributed by atoms with Gasteiger partial charge < -0.3 is 20.5 Å². The summed E-state index contributed by atoms with van der Waals surface area (Å²) in [5.41, 5.74) is 8.81. The Bertz CT molecular complexity index is 886. The van der Waals surface area contributed by atoms with Crippen molar-refractivity contribution in [2.45, 2.75) is 6.54 Å².